The Bertz CT molecular complexity index is 408. The SMILES string of the molecule is C=C(CC)N1C(C(C)C)C[P+]12CCN(CC1CCOCC1)C2. The van der Waals surface area contributed by atoms with Crippen molar-refractivity contribution in [2.75, 3.05) is 44.9 Å². The van der Waals surface area contributed by atoms with Gasteiger partial charge in [0.1, 0.15) is 25.9 Å². The third kappa shape index (κ3) is 3.09. The van der Waals surface area contributed by atoms with Crippen LogP contribution >= 0.6 is 7.41 Å². The molecule has 0 aliphatic carbocycles. The number of allylic oxidation sites excluding steroid dienone is 1. The summed E-state index contributed by atoms with van der Waals surface area (Å²) in [7, 11) is -0.909. The van der Waals surface area contributed by atoms with Crippen LogP contribution in [0.15, 0.2) is 12.3 Å². The number of nitrogens with zero attached hydrogens (tertiary/aromatic N) is 2. The van der Waals surface area contributed by atoms with Crippen LogP contribution in [-0.4, -0.2) is 60.5 Å². The lowest BCUT2D eigenvalue weighted by Crippen LogP contribution is -2.53. The fourth-order valence-corrected chi connectivity index (χ4v) is 9.87. The molecule has 3 rings (SSSR count). The van der Waals surface area contributed by atoms with Crippen LogP contribution in [-0.2, 0) is 4.74 Å². The zero-order chi connectivity index (χ0) is 15.7. The van der Waals surface area contributed by atoms with Crippen LogP contribution < -0.4 is 0 Å². The second-order valence-electron chi connectivity index (χ2n) is 7.85. The fourth-order valence-electron chi connectivity index (χ4n) is 4.53. The Morgan fingerprint density at radius 3 is 2.68 bits per heavy atom. The van der Waals surface area contributed by atoms with E-state index in [9.17, 15) is 0 Å². The molecule has 3 aliphatic rings. The van der Waals surface area contributed by atoms with E-state index in [1.807, 2.05) is 0 Å². The van der Waals surface area contributed by atoms with Crippen LogP contribution in [0.25, 0.3) is 0 Å². The number of hydrogen-bond donors (Lipinski definition) is 0. The molecule has 126 valence electrons. The van der Waals surface area contributed by atoms with Crippen LogP contribution in [0, 0.1) is 11.8 Å². The van der Waals surface area contributed by atoms with Crippen molar-refractivity contribution in [3.63, 3.8) is 0 Å². The lowest BCUT2D eigenvalue weighted by molar-refractivity contribution is 0.0561. The van der Waals surface area contributed by atoms with Gasteiger partial charge in [-0.15, -0.1) is 0 Å². The third-order valence-corrected chi connectivity index (χ3v) is 10.5. The fraction of sp³-hybridized carbons (Fsp3) is 0.889. The molecule has 3 fully saturated rings. The zero-order valence-electron chi connectivity index (χ0n) is 14.8. The van der Waals surface area contributed by atoms with Crippen LogP contribution in [0.3, 0.4) is 0 Å². The molecule has 1 spiro atoms. The molecule has 0 radical (unpaired) electrons. The van der Waals surface area contributed by atoms with E-state index in [0.717, 1.165) is 37.5 Å². The van der Waals surface area contributed by atoms with Gasteiger partial charge in [-0.3, -0.25) is 4.90 Å². The van der Waals surface area contributed by atoms with E-state index >= 15 is 0 Å². The summed E-state index contributed by atoms with van der Waals surface area (Å²) in [4.78, 5) is 2.77. The molecule has 0 saturated carbocycles. The van der Waals surface area contributed by atoms with E-state index in [1.54, 1.807) is 0 Å². The highest BCUT2D eigenvalue weighted by Gasteiger charge is 2.63. The van der Waals surface area contributed by atoms with E-state index in [4.69, 9.17) is 4.74 Å². The Labute approximate surface area is 137 Å². The van der Waals surface area contributed by atoms with Gasteiger partial charge in [0.2, 0.25) is 0 Å². The first-order chi connectivity index (χ1) is 10.6. The molecule has 2 atom stereocenters. The summed E-state index contributed by atoms with van der Waals surface area (Å²) >= 11 is 0. The summed E-state index contributed by atoms with van der Waals surface area (Å²) in [5, 5.41) is 0. The minimum atomic E-state index is -0.909. The number of ether oxygens (including phenoxy) is 1. The smallest absolute Gasteiger partial charge is 0.132 e. The molecule has 22 heavy (non-hydrogen) atoms. The van der Waals surface area contributed by atoms with Crippen LogP contribution in [0.1, 0.15) is 40.0 Å². The molecule has 3 aliphatic heterocycles. The van der Waals surface area contributed by atoms with Gasteiger partial charge in [-0.25, -0.2) is 4.67 Å². The van der Waals surface area contributed by atoms with Crippen molar-refractivity contribution in [3.05, 3.63) is 12.3 Å². The van der Waals surface area contributed by atoms with Crippen molar-refractivity contribution >= 4 is 7.41 Å². The molecule has 0 aromatic heterocycles. The molecule has 0 aromatic rings. The summed E-state index contributed by atoms with van der Waals surface area (Å²) in [6.07, 6.45) is 7.94. The van der Waals surface area contributed by atoms with Crippen molar-refractivity contribution in [2.45, 2.75) is 46.1 Å². The highest BCUT2D eigenvalue weighted by atomic mass is 31.2. The first-order valence-electron chi connectivity index (χ1n) is 9.19. The molecular weight excluding hydrogens is 291 g/mol. The Morgan fingerprint density at radius 2 is 2.05 bits per heavy atom. The van der Waals surface area contributed by atoms with Gasteiger partial charge in [-0.1, -0.05) is 27.4 Å². The molecule has 3 saturated heterocycles. The second kappa shape index (κ2) is 6.79. The van der Waals surface area contributed by atoms with Gasteiger partial charge >= 0.3 is 0 Å². The standard InChI is InChI=1S/C18H34N2OP/c1-5-16(4)20-18(15(2)3)13-22(20)11-8-19(14-22)12-17-6-9-21-10-7-17/h15,17-18H,4-14H2,1-3H3/q+1. The Kier molecular flexibility index (Phi) is 5.17. The molecule has 0 aromatic carbocycles. The van der Waals surface area contributed by atoms with Crippen molar-refractivity contribution in [1.82, 2.24) is 9.57 Å². The lowest BCUT2D eigenvalue weighted by atomic mass is 10.00. The summed E-state index contributed by atoms with van der Waals surface area (Å²) in [5.74, 6) is 1.63. The molecule has 0 N–H and O–H groups in total. The highest BCUT2D eigenvalue weighted by molar-refractivity contribution is 7.75. The molecule has 4 heteroatoms. The maximum atomic E-state index is 5.51. The Morgan fingerprint density at radius 1 is 1.32 bits per heavy atom. The average molecular weight is 325 g/mol. The largest absolute Gasteiger partial charge is 0.381 e. The van der Waals surface area contributed by atoms with Gasteiger partial charge in [-0.2, -0.15) is 0 Å². The van der Waals surface area contributed by atoms with Gasteiger partial charge in [0, 0.05) is 32.0 Å². The number of hydrogen-bond acceptors (Lipinski definition) is 3. The maximum Gasteiger partial charge on any atom is 0.132 e. The minimum Gasteiger partial charge on any atom is -0.381 e. The number of rotatable bonds is 5. The predicted molar refractivity (Wildman–Crippen MR) is 96.5 cm³/mol. The van der Waals surface area contributed by atoms with Gasteiger partial charge in [0.05, 0.1) is 6.16 Å². The summed E-state index contributed by atoms with van der Waals surface area (Å²) in [6, 6.07) is 0.767. The van der Waals surface area contributed by atoms with Gasteiger partial charge in [0.25, 0.3) is 0 Å². The van der Waals surface area contributed by atoms with E-state index in [2.05, 4.69) is 36.9 Å². The molecule has 0 amide bonds. The molecular formula is C18H34N2OP+. The second-order valence-corrected chi connectivity index (χ2v) is 11.6. The van der Waals surface area contributed by atoms with E-state index < -0.39 is 7.41 Å². The average Bonchev–Trinajstić information content (AvgIpc) is 2.91. The van der Waals surface area contributed by atoms with Gasteiger partial charge in [0.15, 0.2) is 0 Å². The molecule has 2 unspecified atom stereocenters. The van der Waals surface area contributed by atoms with Crippen molar-refractivity contribution in [3.8, 4) is 0 Å². The summed E-state index contributed by atoms with van der Waals surface area (Å²) in [6.45, 7) is 16.0. The van der Waals surface area contributed by atoms with Gasteiger partial charge < -0.3 is 4.74 Å². The lowest BCUT2D eigenvalue weighted by Gasteiger charge is -2.53. The normalized spacial score (nSPS) is 33.6. The summed E-state index contributed by atoms with van der Waals surface area (Å²) in [5.41, 5.74) is 1.41. The quantitative estimate of drug-likeness (QED) is 0.713. The zero-order valence-corrected chi connectivity index (χ0v) is 15.7. The molecule has 3 nitrogen and oxygen atoms in total. The predicted octanol–water partition coefficient (Wildman–Crippen LogP) is 3.88. The Balaban J connectivity index is 1.61. The maximum absolute atomic E-state index is 5.51. The van der Waals surface area contributed by atoms with Crippen LogP contribution in [0.2, 0.25) is 0 Å². The van der Waals surface area contributed by atoms with E-state index in [-0.39, 0.29) is 0 Å². The minimum absolute atomic E-state index is 0.762. The van der Waals surface area contributed by atoms with Crippen molar-refractivity contribution in [2.24, 2.45) is 11.8 Å². The monoisotopic (exact) mass is 325 g/mol. The van der Waals surface area contributed by atoms with Crippen LogP contribution in [0.5, 0.6) is 0 Å². The van der Waals surface area contributed by atoms with Crippen molar-refractivity contribution < 1.29 is 4.74 Å². The van der Waals surface area contributed by atoms with Gasteiger partial charge in [-0.05, 0) is 31.1 Å². The Hall–Kier alpha value is -0.110. The highest BCUT2D eigenvalue weighted by Crippen LogP contribution is 2.75. The first kappa shape index (κ1) is 16.7. The third-order valence-electron chi connectivity index (χ3n) is 5.95. The topological polar surface area (TPSA) is 15.7 Å². The van der Waals surface area contributed by atoms with Crippen molar-refractivity contribution in [1.29, 1.82) is 0 Å². The first-order valence-corrected chi connectivity index (χ1v) is 11.5. The summed E-state index contributed by atoms with van der Waals surface area (Å²) < 4.78 is 8.33. The van der Waals surface area contributed by atoms with Crippen LogP contribution in [0.4, 0.5) is 0 Å². The van der Waals surface area contributed by atoms with E-state index in [1.165, 1.54) is 50.2 Å². The molecule has 3 heterocycles. The van der Waals surface area contributed by atoms with E-state index in [0.29, 0.717) is 0 Å². The molecule has 0 bridgehead atoms.